The van der Waals surface area contributed by atoms with E-state index < -0.39 is 0 Å². The maximum Gasteiger partial charge on any atom is 0.244 e. The van der Waals surface area contributed by atoms with Gasteiger partial charge in [-0.2, -0.15) is 0 Å². The summed E-state index contributed by atoms with van der Waals surface area (Å²) in [7, 11) is 0. The molecule has 5 rings (SSSR count). The minimum atomic E-state index is -0.287. The number of H-pyrrole nitrogens is 1. The van der Waals surface area contributed by atoms with E-state index in [1.165, 1.54) is 11.8 Å². The Morgan fingerprint density at radius 2 is 1.57 bits per heavy atom. The quantitative estimate of drug-likeness (QED) is 0.435. The van der Waals surface area contributed by atoms with E-state index in [2.05, 4.69) is 22.1 Å². The van der Waals surface area contributed by atoms with Crippen LogP contribution in [0.1, 0.15) is 6.92 Å². The molecule has 6 heteroatoms. The Bertz CT molecular complexity index is 1110. The predicted octanol–water partition coefficient (Wildman–Crippen LogP) is 5.87. The summed E-state index contributed by atoms with van der Waals surface area (Å²) in [6, 6.07) is 24.0. The summed E-state index contributed by atoms with van der Waals surface area (Å²) < 4.78 is 0. The van der Waals surface area contributed by atoms with Gasteiger partial charge in [0, 0.05) is 9.79 Å². The third kappa shape index (κ3) is 2.99. The topological polar surface area (TPSA) is 49.0 Å². The van der Waals surface area contributed by atoms with Crippen molar-refractivity contribution in [1.82, 2.24) is 9.97 Å². The van der Waals surface area contributed by atoms with E-state index in [4.69, 9.17) is 0 Å². The molecule has 1 atom stereocenters. The number of imidazole rings is 1. The number of carbonyl (C=O) groups excluding carboxylic acids is 1. The first kappa shape index (κ1) is 17.4. The van der Waals surface area contributed by atoms with Crippen LogP contribution in [0.15, 0.2) is 87.7 Å². The molecule has 3 aromatic carbocycles. The fourth-order valence-electron chi connectivity index (χ4n) is 3.33. The van der Waals surface area contributed by atoms with Crippen LogP contribution in [0.2, 0.25) is 0 Å². The molecule has 1 amide bonds. The van der Waals surface area contributed by atoms with Gasteiger partial charge in [-0.1, -0.05) is 59.9 Å². The van der Waals surface area contributed by atoms with Crippen LogP contribution < -0.4 is 4.90 Å². The second-order valence-electron chi connectivity index (χ2n) is 6.53. The lowest BCUT2D eigenvalue weighted by Crippen LogP contribution is -2.34. The molecule has 0 aliphatic carbocycles. The van der Waals surface area contributed by atoms with Crippen molar-refractivity contribution in [2.75, 3.05) is 4.90 Å². The van der Waals surface area contributed by atoms with Gasteiger partial charge in [-0.15, -0.1) is 0 Å². The third-order valence-electron chi connectivity index (χ3n) is 4.66. The van der Waals surface area contributed by atoms with Crippen molar-refractivity contribution in [2.24, 2.45) is 0 Å². The molecule has 0 saturated carbocycles. The van der Waals surface area contributed by atoms with Gasteiger partial charge in [0.25, 0.3) is 0 Å². The van der Waals surface area contributed by atoms with Crippen LogP contribution in [0.3, 0.4) is 0 Å². The van der Waals surface area contributed by atoms with Crippen molar-refractivity contribution in [2.45, 2.75) is 27.1 Å². The van der Waals surface area contributed by atoms with Crippen LogP contribution in [0.4, 0.5) is 11.4 Å². The molecular formula is C22H17N3OS2. The van der Waals surface area contributed by atoms with Gasteiger partial charge in [0.2, 0.25) is 5.91 Å². The first-order chi connectivity index (χ1) is 13.7. The molecule has 0 radical (unpaired) electrons. The Labute approximate surface area is 171 Å². The van der Waals surface area contributed by atoms with Crippen molar-refractivity contribution in [3.05, 3.63) is 72.8 Å². The smallest absolute Gasteiger partial charge is 0.244 e. The molecule has 4 nitrogen and oxygen atoms in total. The minimum absolute atomic E-state index is 0.0469. The standard InChI is InChI=1S/C22H17N3OS2/c1-14(27-22-23-15-8-2-3-9-16(15)24-22)21(26)25-17-10-4-6-12-19(17)28-20-13-7-5-11-18(20)25/h2-14H,1H3,(H,23,24). The molecule has 4 aromatic rings. The van der Waals surface area contributed by atoms with Crippen molar-refractivity contribution >= 4 is 51.8 Å². The molecule has 28 heavy (non-hydrogen) atoms. The number of aromatic nitrogens is 2. The number of nitrogens with zero attached hydrogens (tertiary/aromatic N) is 2. The number of anilines is 2. The first-order valence-corrected chi connectivity index (χ1v) is 10.7. The number of fused-ring (bicyclic) bond motifs is 3. The van der Waals surface area contributed by atoms with Crippen molar-refractivity contribution in [3.8, 4) is 0 Å². The fourth-order valence-corrected chi connectivity index (χ4v) is 5.25. The molecule has 1 aliphatic rings. The number of benzene rings is 3. The van der Waals surface area contributed by atoms with E-state index >= 15 is 0 Å². The van der Waals surface area contributed by atoms with Crippen LogP contribution in [0, 0.1) is 0 Å². The number of carbonyl (C=O) groups is 1. The maximum atomic E-state index is 13.5. The second-order valence-corrected chi connectivity index (χ2v) is 8.94. The molecule has 0 spiro atoms. The highest BCUT2D eigenvalue weighted by atomic mass is 32.2. The Hall–Kier alpha value is -2.70. The number of rotatable bonds is 3. The van der Waals surface area contributed by atoms with Gasteiger partial charge in [0.1, 0.15) is 0 Å². The van der Waals surface area contributed by atoms with E-state index in [0.717, 1.165) is 37.4 Å². The molecule has 1 aliphatic heterocycles. The van der Waals surface area contributed by atoms with E-state index in [-0.39, 0.29) is 11.2 Å². The third-order valence-corrected chi connectivity index (χ3v) is 6.76. The lowest BCUT2D eigenvalue weighted by Gasteiger charge is -2.32. The highest BCUT2D eigenvalue weighted by Crippen LogP contribution is 2.48. The summed E-state index contributed by atoms with van der Waals surface area (Å²) in [4.78, 5) is 25.4. The van der Waals surface area contributed by atoms with E-state index in [1.807, 2.05) is 72.5 Å². The average Bonchev–Trinajstić information content (AvgIpc) is 3.13. The van der Waals surface area contributed by atoms with Gasteiger partial charge >= 0.3 is 0 Å². The number of para-hydroxylation sites is 4. The molecule has 1 aromatic heterocycles. The van der Waals surface area contributed by atoms with Gasteiger partial charge < -0.3 is 4.98 Å². The number of nitrogens with one attached hydrogen (secondary N) is 1. The molecule has 0 saturated heterocycles. The fraction of sp³-hybridized carbons (Fsp3) is 0.0909. The highest BCUT2D eigenvalue weighted by Gasteiger charge is 2.31. The van der Waals surface area contributed by atoms with E-state index in [0.29, 0.717) is 0 Å². The highest BCUT2D eigenvalue weighted by molar-refractivity contribution is 8.00. The summed E-state index contributed by atoms with van der Waals surface area (Å²) in [6.07, 6.45) is 0. The van der Waals surface area contributed by atoms with Crippen LogP contribution >= 0.6 is 23.5 Å². The summed E-state index contributed by atoms with van der Waals surface area (Å²) >= 11 is 3.16. The monoisotopic (exact) mass is 403 g/mol. The lowest BCUT2D eigenvalue weighted by atomic mass is 10.2. The predicted molar refractivity (Wildman–Crippen MR) is 116 cm³/mol. The Morgan fingerprint density at radius 1 is 0.964 bits per heavy atom. The van der Waals surface area contributed by atoms with Gasteiger partial charge in [0.05, 0.1) is 27.7 Å². The second kappa shape index (κ2) is 7.04. The van der Waals surface area contributed by atoms with E-state index in [9.17, 15) is 4.79 Å². The molecule has 1 N–H and O–H groups in total. The van der Waals surface area contributed by atoms with E-state index in [1.54, 1.807) is 11.8 Å². The average molecular weight is 404 g/mol. The zero-order valence-corrected chi connectivity index (χ0v) is 16.8. The van der Waals surface area contributed by atoms with Gasteiger partial charge in [-0.3, -0.25) is 9.69 Å². The Balaban J connectivity index is 1.49. The van der Waals surface area contributed by atoms with Crippen LogP contribution in [-0.2, 0) is 4.79 Å². The SMILES string of the molecule is CC(Sc1nc2ccccc2[nH]1)C(=O)N1c2ccccc2Sc2ccccc21. The summed E-state index contributed by atoms with van der Waals surface area (Å²) in [6.45, 7) is 1.94. The Kier molecular flexibility index (Phi) is 4.37. The van der Waals surface area contributed by atoms with Gasteiger partial charge in [-0.25, -0.2) is 4.98 Å². The molecular weight excluding hydrogens is 386 g/mol. The molecule has 0 fully saturated rings. The molecule has 138 valence electrons. The summed E-state index contributed by atoms with van der Waals surface area (Å²) in [5, 5.41) is 0.472. The number of aromatic amines is 1. The van der Waals surface area contributed by atoms with Crippen LogP contribution in [0.25, 0.3) is 11.0 Å². The van der Waals surface area contributed by atoms with Crippen LogP contribution in [-0.4, -0.2) is 21.1 Å². The zero-order valence-electron chi connectivity index (χ0n) is 15.1. The number of thioether (sulfide) groups is 1. The number of hydrogen-bond donors (Lipinski definition) is 1. The lowest BCUT2D eigenvalue weighted by molar-refractivity contribution is -0.117. The zero-order chi connectivity index (χ0) is 19.1. The van der Waals surface area contributed by atoms with Crippen molar-refractivity contribution < 1.29 is 4.79 Å². The molecule has 0 bridgehead atoms. The van der Waals surface area contributed by atoms with Gasteiger partial charge in [-0.05, 0) is 43.3 Å². The van der Waals surface area contributed by atoms with Crippen LogP contribution in [0.5, 0.6) is 0 Å². The minimum Gasteiger partial charge on any atom is -0.333 e. The Morgan fingerprint density at radius 3 is 2.25 bits per heavy atom. The van der Waals surface area contributed by atoms with Crippen molar-refractivity contribution in [1.29, 1.82) is 0 Å². The molecule has 1 unspecified atom stereocenters. The summed E-state index contributed by atoms with van der Waals surface area (Å²) in [5.41, 5.74) is 3.77. The van der Waals surface area contributed by atoms with Crippen molar-refractivity contribution in [3.63, 3.8) is 0 Å². The first-order valence-electron chi connectivity index (χ1n) is 9.02. The summed E-state index contributed by atoms with van der Waals surface area (Å²) in [5.74, 6) is 0.0469. The maximum absolute atomic E-state index is 13.5. The number of amides is 1. The normalized spacial score (nSPS) is 13.8. The largest absolute Gasteiger partial charge is 0.333 e. The number of hydrogen-bond acceptors (Lipinski definition) is 4. The molecule has 2 heterocycles. The van der Waals surface area contributed by atoms with Gasteiger partial charge in [0.15, 0.2) is 5.16 Å².